The van der Waals surface area contributed by atoms with Gasteiger partial charge in [0.2, 0.25) is 0 Å². The Kier molecular flexibility index (Phi) is 4.88. The summed E-state index contributed by atoms with van der Waals surface area (Å²) in [7, 11) is 0. The second-order valence-electron chi connectivity index (χ2n) is 3.92. The van der Waals surface area contributed by atoms with Gasteiger partial charge in [0.15, 0.2) is 4.84 Å². The first kappa shape index (κ1) is 14.0. The van der Waals surface area contributed by atoms with Gasteiger partial charge in [-0.1, -0.05) is 59.6 Å². The van der Waals surface area contributed by atoms with Gasteiger partial charge in [-0.15, -0.1) is 0 Å². The zero-order valence-electron chi connectivity index (χ0n) is 10.1. The molecule has 0 bridgehead atoms. The summed E-state index contributed by atoms with van der Waals surface area (Å²) in [5, 5.41) is 4.73. The van der Waals surface area contributed by atoms with Gasteiger partial charge in [-0.05, 0) is 11.5 Å². The van der Waals surface area contributed by atoms with E-state index in [0.717, 1.165) is 16.5 Å². The predicted octanol–water partition coefficient (Wildman–Crippen LogP) is 3.14. The lowest BCUT2D eigenvalue weighted by molar-refractivity contribution is -0.119. The summed E-state index contributed by atoms with van der Waals surface area (Å²) in [6.45, 7) is 0.720. The van der Waals surface area contributed by atoms with Crippen molar-refractivity contribution < 1.29 is 9.53 Å². The van der Waals surface area contributed by atoms with Crippen molar-refractivity contribution in [3.8, 4) is 5.75 Å². The van der Waals surface area contributed by atoms with Crippen LogP contribution in [0.2, 0.25) is 0 Å². The van der Waals surface area contributed by atoms with E-state index >= 15 is 0 Å². The molecular weight excluding hydrogens is 285 g/mol. The van der Waals surface area contributed by atoms with Crippen LogP contribution >= 0.6 is 23.2 Å². The number of halogens is 2. The molecule has 0 aliphatic heterocycles. The summed E-state index contributed by atoms with van der Waals surface area (Å²) in [4.78, 5) is 10.1. The Morgan fingerprint density at radius 1 is 1.16 bits per heavy atom. The van der Waals surface area contributed by atoms with Crippen LogP contribution in [-0.4, -0.2) is 23.9 Å². The fourth-order valence-electron chi connectivity index (χ4n) is 1.73. The predicted molar refractivity (Wildman–Crippen MR) is 77.9 cm³/mol. The number of hydrogen-bond donors (Lipinski definition) is 1. The average molecular weight is 298 g/mol. The van der Waals surface area contributed by atoms with E-state index in [0.29, 0.717) is 13.2 Å². The summed E-state index contributed by atoms with van der Waals surface area (Å²) >= 11 is 10.8. The zero-order valence-corrected chi connectivity index (χ0v) is 11.6. The van der Waals surface area contributed by atoms with E-state index in [-0.39, 0.29) is 0 Å². The minimum absolute atomic E-state index is 0.359. The highest BCUT2D eigenvalue weighted by molar-refractivity contribution is 6.53. The molecule has 1 N–H and O–H groups in total. The smallest absolute Gasteiger partial charge is 0.253 e. The first-order valence-corrected chi connectivity index (χ1v) is 6.72. The Balaban J connectivity index is 1.93. The van der Waals surface area contributed by atoms with Crippen molar-refractivity contribution in [1.29, 1.82) is 0 Å². The van der Waals surface area contributed by atoms with Gasteiger partial charge in [-0.3, -0.25) is 4.79 Å². The molecule has 0 atom stereocenters. The molecular formula is C14H13Cl2NO2. The Hall–Kier alpha value is -1.45. The number of carbonyl (C=O) groups excluding carboxylic acids is 1. The van der Waals surface area contributed by atoms with Crippen molar-refractivity contribution in [3.05, 3.63) is 42.5 Å². The maximum Gasteiger partial charge on any atom is 0.253 e. The third kappa shape index (κ3) is 3.75. The minimum atomic E-state index is -1.04. The molecule has 3 nitrogen and oxygen atoms in total. The van der Waals surface area contributed by atoms with E-state index in [9.17, 15) is 4.79 Å². The first-order chi connectivity index (χ1) is 9.18. The summed E-state index contributed by atoms with van der Waals surface area (Å²) in [5.74, 6) is 0.380. The van der Waals surface area contributed by atoms with Gasteiger partial charge >= 0.3 is 0 Å². The lowest BCUT2D eigenvalue weighted by atomic mass is 10.1. The molecule has 0 unspecified atom stereocenters. The minimum Gasteiger partial charge on any atom is -0.491 e. The molecule has 0 heterocycles. The van der Waals surface area contributed by atoms with Crippen LogP contribution in [0, 0.1) is 0 Å². The topological polar surface area (TPSA) is 38.3 Å². The molecule has 100 valence electrons. The molecule has 0 aliphatic rings. The molecule has 5 heteroatoms. The van der Waals surface area contributed by atoms with Gasteiger partial charge < -0.3 is 10.1 Å². The molecule has 0 radical (unpaired) electrons. The average Bonchev–Trinajstić information content (AvgIpc) is 2.43. The summed E-state index contributed by atoms with van der Waals surface area (Å²) in [5.41, 5.74) is 0. The van der Waals surface area contributed by atoms with E-state index in [4.69, 9.17) is 27.9 Å². The molecule has 0 aliphatic carbocycles. The molecule has 2 aromatic carbocycles. The number of alkyl halides is 2. The Bertz CT molecular complexity index is 567. The number of rotatable bonds is 5. The van der Waals surface area contributed by atoms with Gasteiger partial charge in [-0.25, -0.2) is 0 Å². The largest absolute Gasteiger partial charge is 0.491 e. The van der Waals surface area contributed by atoms with Crippen molar-refractivity contribution in [3.63, 3.8) is 0 Å². The van der Waals surface area contributed by atoms with Crippen LogP contribution in [0.25, 0.3) is 10.8 Å². The van der Waals surface area contributed by atoms with E-state index in [2.05, 4.69) is 5.32 Å². The highest BCUT2D eigenvalue weighted by atomic mass is 35.5. The molecule has 0 fully saturated rings. The van der Waals surface area contributed by atoms with Crippen molar-refractivity contribution >= 4 is 39.9 Å². The van der Waals surface area contributed by atoms with Gasteiger partial charge in [0.25, 0.3) is 5.91 Å². The molecule has 19 heavy (non-hydrogen) atoms. The van der Waals surface area contributed by atoms with Crippen LogP contribution < -0.4 is 10.1 Å². The highest BCUT2D eigenvalue weighted by Gasteiger charge is 2.09. The highest BCUT2D eigenvalue weighted by Crippen LogP contribution is 2.24. The van der Waals surface area contributed by atoms with Gasteiger partial charge in [0.05, 0.1) is 6.54 Å². The van der Waals surface area contributed by atoms with Crippen molar-refractivity contribution in [2.45, 2.75) is 4.84 Å². The number of benzene rings is 2. The third-order valence-corrected chi connectivity index (χ3v) is 3.00. The van der Waals surface area contributed by atoms with Crippen molar-refractivity contribution in [2.24, 2.45) is 0 Å². The SMILES string of the molecule is O=C(NCCOc1cccc2ccccc12)C(Cl)Cl. The Morgan fingerprint density at radius 3 is 2.68 bits per heavy atom. The standard InChI is InChI=1S/C14H13Cl2NO2/c15-13(16)14(18)17-8-9-19-12-7-3-5-10-4-1-2-6-11(10)12/h1-7,13H,8-9H2,(H,17,18). The number of amides is 1. The second kappa shape index (κ2) is 6.64. The van der Waals surface area contributed by atoms with Gasteiger partial charge in [-0.2, -0.15) is 0 Å². The van der Waals surface area contributed by atoms with Crippen molar-refractivity contribution in [1.82, 2.24) is 5.32 Å². The monoisotopic (exact) mass is 297 g/mol. The number of hydrogen-bond acceptors (Lipinski definition) is 2. The van der Waals surface area contributed by atoms with Crippen LogP contribution in [0.3, 0.4) is 0 Å². The maximum atomic E-state index is 11.1. The molecule has 1 amide bonds. The molecule has 0 spiro atoms. The van der Waals surface area contributed by atoms with Gasteiger partial charge in [0.1, 0.15) is 12.4 Å². The van der Waals surface area contributed by atoms with Crippen LogP contribution in [0.15, 0.2) is 42.5 Å². The summed E-state index contributed by atoms with van der Waals surface area (Å²) < 4.78 is 5.65. The molecule has 0 saturated heterocycles. The van der Waals surface area contributed by atoms with E-state index in [1.165, 1.54) is 0 Å². The van der Waals surface area contributed by atoms with Crippen LogP contribution in [0.4, 0.5) is 0 Å². The fraction of sp³-hybridized carbons (Fsp3) is 0.214. The second-order valence-corrected chi connectivity index (χ2v) is 5.01. The molecule has 2 rings (SSSR count). The summed E-state index contributed by atoms with van der Waals surface area (Å²) in [6.07, 6.45) is 0. The van der Waals surface area contributed by atoms with Crippen LogP contribution in [0.1, 0.15) is 0 Å². The lowest BCUT2D eigenvalue weighted by Crippen LogP contribution is -2.32. The number of carbonyl (C=O) groups is 1. The van der Waals surface area contributed by atoms with Crippen molar-refractivity contribution in [2.75, 3.05) is 13.2 Å². The van der Waals surface area contributed by atoms with Gasteiger partial charge in [0, 0.05) is 5.39 Å². The van der Waals surface area contributed by atoms with E-state index in [1.807, 2.05) is 42.5 Å². The Labute approximate surface area is 121 Å². The zero-order chi connectivity index (χ0) is 13.7. The summed E-state index contributed by atoms with van der Waals surface area (Å²) in [6, 6.07) is 13.8. The van der Waals surface area contributed by atoms with Crippen LogP contribution in [0.5, 0.6) is 5.75 Å². The molecule has 0 saturated carbocycles. The fourth-order valence-corrected chi connectivity index (χ4v) is 1.89. The quantitative estimate of drug-likeness (QED) is 0.680. The Morgan fingerprint density at radius 2 is 1.89 bits per heavy atom. The maximum absolute atomic E-state index is 11.1. The van der Waals surface area contributed by atoms with E-state index in [1.54, 1.807) is 0 Å². The molecule has 2 aromatic rings. The number of fused-ring (bicyclic) bond motifs is 1. The number of ether oxygens (including phenoxy) is 1. The van der Waals surface area contributed by atoms with Crippen LogP contribution in [-0.2, 0) is 4.79 Å². The first-order valence-electron chi connectivity index (χ1n) is 5.85. The normalized spacial score (nSPS) is 10.7. The lowest BCUT2D eigenvalue weighted by Gasteiger charge is -2.10. The van der Waals surface area contributed by atoms with E-state index < -0.39 is 10.7 Å². The third-order valence-electron chi connectivity index (χ3n) is 2.61. The number of nitrogens with one attached hydrogen (secondary N) is 1. The molecule has 0 aromatic heterocycles.